The summed E-state index contributed by atoms with van der Waals surface area (Å²) in [6, 6.07) is 9.53. The molecule has 1 heterocycles. The summed E-state index contributed by atoms with van der Waals surface area (Å²) in [6.07, 6.45) is 0.0483. The minimum absolute atomic E-state index is 0.0483. The van der Waals surface area contributed by atoms with Crippen LogP contribution in [-0.2, 0) is 9.59 Å². The highest BCUT2D eigenvalue weighted by Gasteiger charge is 2.28. The Labute approximate surface area is 116 Å². The van der Waals surface area contributed by atoms with Gasteiger partial charge in [0.25, 0.3) is 0 Å². The maximum absolute atomic E-state index is 11.8. The molecule has 1 aliphatic rings. The topological polar surface area (TPSA) is 82.9 Å². The molecule has 0 spiro atoms. The van der Waals surface area contributed by atoms with Gasteiger partial charge in [0.2, 0.25) is 11.8 Å². The first-order chi connectivity index (χ1) is 9.58. The third kappa shape index (κ3) is 3.28. The molecule has 6 nitrogen and oxygen atoms in total. The molecule has 2 N–H and O–H groups in total. The predicted molar refractivity (Wildman–Crippen MR) is 76.2 cm³/mol. The van der Waals surface area contributed by atoms with E-state index in [0.717, 1.165) is 5.56 Å². The lowest BCUT2D eigenvalue weighted by Crippen LogP contribution is -2.29. The van der Waals surface area contributed by atoms with Crippen LogP contribution in [0.4, 0.5) is 0 Å². The van der Waals surface area contributed by atoms with Crippen LogP contribution in [-0.4, -0.2) is 23.2 Å². The lowest BCUT2D eigenvalue weighted by atomic mass is 10.0. The summed E-state index contributed by atoms with van der Waals surface area (Å²) in [5.41, 5.74) is 7.07. The number of carbonyl (C=O) groups is 2. The molecule has 0 radical (unpaired) electrons. The Morgan fingerprint density at radius 3 is 2.70 bits per heavy atom. The van der Waals surface area contributed by atoms with Gasteiger partial charge >= 0.3 is 0 Å². The third-order valence-electron chi connectivity index (χ3n) is 3.09. The molecule has 0 saturated heterocycles. The molecule has 0 aliphatic carbocycles. The van der Waals surface area contributed by atoms with Crippen LogP contribution in [0, 0.1) is 5.92 Å². The van der Waals surface area contributed by atoms with Crippen LogP contribution in [0.15, 0.2) is 40.5 Å². The number of benzene rings is 1. The lowest BCUT2D eigenvalue weighted by Gasteiger charge is -2.06. The average molecular weight is 272 g/mol. The first kappa shape index (κ1) is 13.9. The van der Waals surface area contributed by atoms with Crippen molar-refractivity contribution in [2.45, 2.75) is 20.3 Å². The zero-order valence-corrected chi connectivity index (χ0v) is 11.4. The molecule has 0 aromatic heterocycles. The highest BCUT2D eigenvalue weighted by Crippen LogP contribution is 2.11. The maximum atomic E-state index is 11.8. The van der Waals surface area contributed by atoms with Gasteiger partial charge in [-0.25, -0.2) is 10.9 Å². The second-order valence-electron chi connectivity index (χ2n) is 4.58. The van der Waals surface area contributed by atoms with Crippen LogP contribution < -0.4 is 10.9 Å². The quantitative estimate of drug-likeness (QED) is 0.634. The molecule has 1 aliphatic heterocycles. The lowest BCUT2D eigenvalue weighted by molar-refractivity contribution is -0.127. The van der Waals surface area contributed by atoms with E-state index in [1.807, 2.05) is 37.3 Å². The molecule has 0 fully saturated rings. The summed E-state index contributed by atoms with van der Waals surface area (Å²) in [5.74, 6) is -1.06. The van der Waals surface area contributed by atoms with Gasteiger partial charge in [0.05, 0.1) is 11.6 Å². The Balaban J connectivity index is 1.92. The van der Waals surface area contributed by atoms with Crippen molar-refractivity contribution in [3.05, 3.63) is 35.9 Å². The van der Waals surface area contributed by atoms with Crippen LogP contribution in [0.2, 0.25) is 0 Å². The highest BCUT2D eigenvalue weighted by atomic mass is 16.2. The second-order valence-corrected chi connectivity index (χ2v) is 4.58. The fourth-order valence-corrected chi connectivity index (χ4v) is 1.85. The van der Waals surface area contributed by atoms with E-state index in [2.05, 4.69) is 21.1 Å². The molecule has 104 valence electrons. The Morgan fingerprint density at radius 1 is 1.40 bits per heavy atom. The molecule has 0 saturated carbocycles. The van der Waals surface area contributed by atoms with Gasteiger partial charge in [0, 0.05) is 12.1 Å². The fourth-order valence-electron chi connectivity index (χ4n) is 1.85. The van der Waals surface area contributed by atoms with Crippen molar-refractivity contribution < 1.29 is 9.59 Å². The minimum Gasteiger partial charge on any atom is -0.273 e. The van der Waals surface area contributed by atoms with Gasteiger partial charge in [-0.3, -0.25) is 9.59 Å². The van der Waals surface area contributed by atoms with Gasteiger partial charge in [-0.2, -0.15) is 10.2 Å². The van der Waals surface area contributed by atoms with Crippen molar-refractivity contribution in [2.24, 2.45) is 16.1 Å². The average Bonchev–Trinajstić information content (AvgIpc) is 2.77. The van der Waals surface area contributed by atoms with Crippen molar-refractivity contribution in [2.75, 3.05) is 0 Å². The zero-order chi connectivity index (χ0) is 14.5. The molecular weight excluding hydrogens is 256 g/mol. The summed E-state index contributed by atoms with van der Waals surface area (Å²) >= 11 is 0. The number of nitrogens with zero attached hydrogens (tertiary/aromatic N) is 2. The number of hydrogen-bond donors (Lipinski definition) is 2. The van der Waals surface area contributed by atoms with Crippen LogP contribution in [0.25, 0.3) is 0 Å². The van der Waals surface area contributed by atoms with Crippen LogP contribution in [0.1, 0.15) is 25.8 Å². The van der Waals surface area contributed by atoms with Crippen molar-refractivity contribution in [3.63, 3.8) is 0 Å². The monoisotopic (exact) mass is 272 g/mol. The van der Waals surface area contributed by atoms with E-state index in [9.17, 15) is 9.59 Å². The number of hydrazone groups is 2. The Hall–Kier alpha value is -2.50. The number of amides is 2. The first-order valence-electron chi connectivity index (χ1n) is 6.30. The van der Waals surface area contributed by atoms with E-state index in [0.29, 0.717) is 11.4 Å². The Kier molecular flexibility index (Phi) is 4.24. The van der Waals surface area contributed by atoms with Crippen molar-refractivity contribution in [1.82, 2.24) is 10.9 Å². The van der Waals surface area contributed by atoms with Gasteiger partial charge in [-0.1, -0.05) is 30.3 Å². The summed E-state index contributed by atoms with van der Waals surface area (Å²) in [5, 5.41) is 7.83. The minimum atomic E-state index is -0.498. The van der Waals surface area contributed by atoms with Crippen LogP contribution in [0.5, 0.6) is 0 Å². The number of hydrogen-bond acceptors (Lipinski definition) is 4. The van der Waals surface area contributed by atoms with E-state index >= 15 is 0 Å². The standard InChI is InChI=1S/C14H16N4O2/c1-9(11-6-4-3-5-7-11)15-17-13(19)8-12-10(2)16-18-14(12)20/h3-7,12H,8H2,1-2H3,(H,17,19)(H,18,20)/t12-/m1/s1. The SMILES string of the molecule is CC(=NNC(=O)C[C@H]1C(=O)NN=C1C)c1ccccc1. The zero-order valence-electron chi connectivity index (χ0n) is 11.4. The third-order valence-corrected chi connectivity index (χ3v) is 3.09. The molecule has 20 heavy (non-hydrogen) atoms. The summed E-state index contributed by atoms with van der Waals surface area (Å²) in [4.78, 5) is 23.2. The summed E-state index contributed by atoms with van der Waals surface area (Å²) in [6.45, 7) is 3.53. The number of carbonyl (C=O) groups excluding carboxylic acids is 2. The van der Waals surface area contributed by atoms with E-state index < -0.39 is 5.92 Å². The number of nitrogens with one attached hydrogen (secondary N) is 2. The molecule has 1 aromatic rings. The Morgan fingerprint density at radius 2 is 2.10 bits per heavy atom. The van der Waals surface area contributed by atoms with E-state index in [1.54, 1.807) is 6.92 Å². The summed E-state index contributed by atoms with van der Waals surface area (Å²) in [7, 11) is 0. The summed E-state index contributed by atoms with van der Waals surface area (Å²) < 4.78 is 0. The fraction of sp³-hybridized carbons (Fsp3) is 0.286. The Bertz CT molecular complexity index is 578. The highest BCUT2D eigenvalue weighted by molar-refractivity contribution is 6.09. The second kappa shape index (κ2) is 6.10. The molecule has 1 atom stereocenters. The van der Waals surface area contributed by atoms with Gasteiger partial charge < -0.3 is 0 Å². The normalized spacial score (nSPS) is 18.5. The van der Waals surface area contributed by atoms with E-state index in [4.69, 9.17) is 0 Å². The molecule has 0 bridgehead atoms. The first-order valence-corrected chi connectivity index (χ1v) is 6.30. The van der Waals surface area contributed by atoms with Gasteiger partial charge in [0.1, 0.15) is 0 Å². The largest absolute Gasteiger partial charge is 0.273 e. The predicted octanol–water partition coefficient (Wildman–Crippen LogP) is 1.04. The van der Waals surface area contributed by atoms with Crippen molar-refractivity contribution >= 4 is 23.2 Å². The molecule has 1 aromatic carbocycles. The molecular formula is C14H16N4O2. The van der Waals surface area contributed by atoms with E-state index in [-0.39, 0.29) is 18.2 Å². The smallest absolute Gasteiger partial charge is 0.249 e. The van der Waals surface area contributed by atoms with Crippen LogP contribution >= 0.6 is 0 Å². The van der Waals surface area contributed by atoms with E-state index in [1.165, 1.54) is 0 Å². The molecule has 0 unspecified atom stereocenters. The molecule has 2 amide bonds. The van der Waals surface area contributed by atoms with Gasteiger partial charge in [0.15, 0.2) is 0 Å². The molecule has 6 heteroatoms. The van der Waals surface area contributed by atoms with Crippen LogP contribution in [0.3, 0.4) is 0 Å². The van der Waals surface area contributed by atoms with Gasteiger partial charge in [-0.05, 0) is 19.4 Å². The van der Waals surface area contributed by atoms with Crippen molar-refractivity contribution in [3.8, 4) is 0 Å². The van der Waals surface area contributed by atoms with Crippen molar-refractivity contribution in [1.29, 1.82) is 0 Å². The van der Waals surface area contributed by atoms with Gasteiger partial charge in [-0.15, -0.1) is 0 Å². The maximum Gasteiger partial charge on any atom is 0.249 e. The number of rotatable bonds is 4. The molecule has 2 rings (SSSR count).